The average molecular weight is 351 g/mol. The third-order valence-electron chi connectivity index (χ3n) is 3.38. The van der Waals surface area contributed by atoms with Gasteiger partial charge in [-0.25, -0.2) is 5.43 Å². The van der Waals surface area contributed by atoms with E-state index in [4.69, 9.17) is 4.74 Å². The van der Waals surface area contributed by atoms with Gasteiger partial charge in [-0.15, -0.1) is 6.58 Å². The Balaban J connectivity index is 1.87. The maximum absolute atomic E-state index is 11.5. The van der Waals surface area contributed by atoms with Crippen molar-refractivity contribution < 1.29 is 14.3 Å². The van der Waals surface area contributed by atoms with Crippen molar-refractivity contribution in [1.29, 1.82) is 0 Å². The number of rotatable bonds is 7. The molecule has 26 heavy (non-hydrogen) atoms. The summed E-state index contributed by atoms with van der Waals surface area (Å²) in [5, 5.41) is 6.14. The Morgan fingerprint density at radius 1 is 1.15 bits per heavy atom. The molecule has 0 saturated carbocycles. The van der Waals surface area contributed by atoms with Crippen LogP contribution in [0.1, 0.15) is 16.7 Å². The maximum Gasteiger partial charge on any atom is 0.329 e. The van der Waals surface area contributed by atoms with Crippen LogP contribution in [0.4, 0.5) is 0 Å². The van der Waals surface area contributed by atoms with E-state index in [0.29, 0.717) is 12.4 Å². The molecule has 2 amide bonds. The minimum Gasteiger partial charge on any atom is -0.489 e. The van der Waals surface area contributed by atoms with Crippen LogP contribution in [0.5, 0.6) is 5.75 Å². The minimum atomic E-state index is -0.838. The van der Waals surface area contributed by atoms with E-state index in [0.717, 1.165) is 11.1 Å². The highest BCUT2D eigenvalue weighted by atomic mass is 16.5. The van der Waals surface area contributed by atoms with Crippen molar-refractivity contribution >= 4 is 18.0 Å². The zero-order valence-electron chi connectivity index (χ0n) is 14.6. The number of nitrogens with one attached hydrogen (secondary N) is 2. The first kappa shape index (κ1) is 18.9. The third-order valence-corrected chi connectivity index (χ3v) is 3.38. The monoisotopic (exact) mass is 351 g/mol. The first-order valence-electron chi connectivity index (χ1n) is 8.09. The molecule has 2 aromatic rings. The summed E-state index contributed by atoms with van der Waals surface area (Å²) < 4.78 is 5.76. The second kappa shape index (κ2) is 9.78. The fourth-order valence-electron chi connectivity index (χ4n) is 2.00. The molecule has 134 valence electrons. The van der Waals surface area contributed by atoms with Gasteiger partial charge >= 0.3 is 11.8 Å². The van der Waals surface area contributed by atoms with Gasteiger partial charge in [-0.2, -0.15) is 5.10 Å². The van der Waals surface area contributed by atoms with E-state index < -0.39 is 11.8 Å². The van der Waals surface area contributed by atoms with E-state index in [-0.39, 0.29) is 6.54 Å². The van der Waals surface area contributed by atoms with Gasteiger partial charge in [-0.05, 0) is 30.2 Å². The minimum absolute atomic E-state index is 0.219. The summed E-state index contributed by atoms with van der Waals surface area (Å²) in [6.07, 6.45) is 2.92. The molecule has 0 aliphatic carbocycles. The standard InChI is InChI=1S/C20H21N3O3/c1-3-11-21-19(24)20(25)23-22-13-17-5-4-6-18(12-17)26-14-16-9-7-15(2)8-10-16/h3-10,12-13H,1,11,14H2,2H3,(H,21,24)(H,23,25)/b22-13-. The summed E-state index contributed by atoms with van der Waals surface area (Å²) in [6, 6.07) is 15.4. The number of nitrogens with zero attached hydrogens (tertiary/aromatic N) is 1. The van der Waals surface area contributed by atoms with Crippen LogP contribution in [0.3, 0.4) is 0 Å². The molecule has 0 saturated heterocycles. The Hall–Kier alpha value is -3.41. The zero-order valence-corrected chi connectivity index (χ0v) is 14.6. The smallest absolute Gasteiger partial charge is 0.329 e. The van der Waals surface area contributed by atoms with Crippen molar-refractivity contribution in [3.05, 3.63) is 77.9 Å². The van der Waals surface area contributed by atoms with E-state index in [1.54, 1.807) is 6.07 Å². The van der Waals surface area contributed by atoms with Gasteiger partial charge in [0.2, 0.25) is 0 Å². The van der Waals surface area contributed by atoms with Crippen LogP contribution >= 0.6 is 0 Å². The number of carbonyl (C=O) groups is 2. The fourth-order valence-corrected chi connectivity index (χ4v) is 2.00. The molecule has 2 aromatic carbocycles. The van der Waals surface area contributed by atoms with Crippen LogP contribution in [0.2, 0.25) is 0 Å². The molecule has 6 nitrogen and oxygen atoms in total. The molecule has 0 fully saturated rings. The second-order valence-corrected chi connectivity index (χ2v) is 5.54. The molecule has 0 spiro atoms. The molecule has 2 rings (SSSR count). The van der Waals surface area contributed by atoms with Crippen molar-refractivity contribution in [2.75, 3.05) is 6.54 Å². The van der Waals surface area contributed by atoms with Gasteiger partial charge in [0.15, 0.2) is 0 Å². The molecule has 6 heteroatoms. The van der Waals surface area contributed by atoms with Gasteiger partial charge in [-0.3, -0.25) is 9.59 Å². The molecular formula is C20H21N3O3. The van der Waals surface area contributed by atoms with E-state index in [9.17, 15) is 9.59 Å². The lowest BCUT2D eigenvalue weighted by molar-refractivity contribution is -0.139. The number of hydrogen-bond acceptors (Lipinski definition) is 4. The summed E-state index contributed by atoms with van der Waals surface area (Å²) in [7, 11) is 0. The topological polar surface area (TPSA) is 79.8 Å². The zero-order chi connectivity index (χ0) is 18.8. The molecule has 0 atom stereocenters. The number of amides is 2. The molecule has 0 unspecified atom stereocenters. The summed E-state index contributed by atoms with van der Waals surface area (Å²) in [4.78, 5) is 22.9. The Bertz CT molecular complexity index is 798. The largest absolute Gasteiger partial charge is 0.489 e. The highest BCUT2D eigenvalue weighted by Crippen LogP contribution is 2.14. The lowest BCUT2D eigenvalue weighted by Crippen LogP contribution is -2.37. The number of hydrazone groups is 1. The predicted molar refractivity (Wildman–Crippen MR) is 101 cm³/mol. The van der Waals surface area contributed by atoms with Gasteiger partial charge < -0.3 is 10.1 Å². The normalized spacial score (nSPS) is 10.3. The van der Waals surface area contributed by atoms with E-state index >= 15 is 0 Å². The number of aryl methyl sites for hydroxylation is 1. The molecule has 0 aromatic heterocycles. The number of carbonyl (C=O) groups excluding carboxylic acids is 2. The highest BCUT2D eigenvalue weighted by Gasteiger charge is 2.10. The van der Waals surface area contributed by atoms with Crippen LogP contribution in [-0.4, -0.2) is 24.6 Å². The lowest BCUT2D eigenvalue weighted by atomic mass is 10.2. The van der Waals surface area contributed by atoms with Gasteiger partial charge in [0.1, 0.15) is 12.4 Å². The number of hydrogen-bond donors (Lipinski definition) is 2. The van der Waals surface area contributed by atoms with E-state index in [1.807, 2.05) is 49.4 Å². The predicted octanol–water partition coefficient (Wildman–Crippen LogP) is 2.33. The highest BCUT2D eigenvalue weighted by molar-refractivity contribution is 6.35. The molecule has 0 aliphatic rings. The van der Waals surface area contributed by atoms with Crippen LogP contribution < -0.4 is 15.5 Å². The van der Waals surface area contributed by atoms with Crippen LogP contribution in [0, 0.1) is 6.92 Å². The van der Waals surface area contributed by atoms with Crippen molar-refractivity contribution in [2.24, 2.45) is 5.10 Å². The lowest BCUT2D eigenvalue weighted by Gasteiger charge is -2.07. The van der Waals surface area contributed by atoms with Crippen molar-refractivity contribution in [2.45, 2.75) is 13.5 Å². The quantitative estimate of drug-likeness (QED) is 0.348. The number of benzene rings is 2. The summed E-state index contributed by atoms with van der Waals surface area (Å²) >= 11 is 0. The Morgan fingerprint density at radius 3 is 2.65 bits per heavy atom. The molecule has 0 radical (unpaired) electrons. The molecule has 0 bridgehead atoms. The Kier molecular flexibility index (Phi) is 7.12. The van der Waals surface area contributed by atoms with Crippen molar-refractivity contribution in [3.8, 4) is 5.75 Å². The van der Waals surface area contributed by atoms with Gasteiger partial charge in [0, 0.05) is 6.54 Å². The molecule has 2 N–H and O–H groups in total. The Morgan fingerprint density at radius 2 is 1.92 bits per heavy atom. The van der Waals surface area contributed by atoms with Gasteiger partial charge in [0.25, 0.3) is 0 Å². The summed E-state index contributed by atoms with van der Waals surface area (Å²) in [5.41, 5.74) is 5.18. The van der Waals surface area contributed by atoms with Crippen LogP contribution in [-0.2, 0) is 16.2 Å². The first-order valence-corrected chi connectivity index (χ1v) is 8.09. The fraction of sp³-hybridized carbons (Fsp3) is 0.150. The Labute approximate surface area is 152 Å². The van der Waals surface area contributed by atoms with E-state index in [2.05, 4.69) is 22.4 Å². The third kappa shape index (κ3) is 6.24. The SMILES string of the molecule is C=CCNC(=O)C(=O)N/N=C\c1cccc(OCc2ccc(C)cc2)c1. The number of ether oxygens (including phenoxy) is 1. The van der Waals surface area contributed by atoms with E-state index in [1.165, 1.54) is 17.9 Å². The molecule has 0 aliphatic heterocycles. The van der Waals surface area contributed by atoms with Gasteiger partial charge in [-0.1, -0.05) is 48.0 Å². The maximum atomic E-state index is 11.5. The van der Waals surface area contributed by atoms with Crippen LogP contribution in [0.25, 0.3) is 0 Å². The molecule has 0 heterocycles. The molecular weight excluding hydrogens is 330 g/mol. The average Bonchev–Trinajstić information content (AvgIpc) is 2.66. The first-order chi connectivity index (χ1) is 12.6. The second-order valence-electron chi connectivity index (χ2n) is 5.54. The summed E-state index contributed by atoms with van der Waals surface area (Å²) in [5.74, 6) is -0.920. The van der Waals surface area contributed by atoms with Crippen LogP contribution in [0.15, 0.2) is 66.3 Å². The van der Waals surface area contributed by atoms with Gasteiger partial charge in [0.05, 0.1) is 6.21 Å². The van der Waals surface area contributed by atoms with Crippen molar-refractivity contribution in [3.63, 3.8) is 0 Å². The summed E-state index contributed by atoms with van der Waals surface area (Å²) in [6.45, 7) is 6.17. The van der Waals surface area contributed by atoms with Crippen molar-refractivity contribution in [1.82, 2.24) is 10.7 Å².